The van der Waals surface area contributed by atoms with Crippen molar-refractivity contribution >= 4 is 27.9 Å². The van der Waals surface area contributed by atoms with Gasteiger partial charge in [0.05, 0.1) is 19.4 Å². The summed E-state index contributed by atoms with van der Waals surface area (Å²) in [6.45, 7) is 7.96. The number of rotatable bonds is 7. The Bertz CT molecular complexity index is 1290. The number of piperazine rings is 1. The van der Waals surface area contributed by atoms with Gasteiger partial charge in [0, 0.05) is 42.3 Å². The zero-order valence-corrected chi connectivity index (χ0v) is 21.7. The summed E-state index contributed by atoms with van der Waals surface area (Å²) in [5.41, 5.74) is 4.79. The summed E-state index contributed by atoms with van der Waals surface area (Å²) in [7, 11) is 1.68. The Morgan fingerprint density at radius 2 is 1.69 bits per heavy atom. The number of thiophene rings is 1. The average Bonchev–Trinajstić information content (AvgIpc) is 3.55. The molecule has 0 aliphatic carbocycles. The number of furan rings is 1. The molecule has 1 amide bonds. The van der Waals surface area contributed by atoms with E-state index in [9.17, 15) is 4.79 Å². The molecular weight excluding hydrogens is 470 g/mol. The predicted molar refractivity (Wildman–Crippen MR) is 146 cm³/mol. The first-order chi connectivity index (χ1) is 17.5. The Labute approximate surface area is 216 Å². The fourth-order valence-corrected chi connectivity index (χ4v) is 5.95. The lowest BCUT2D eigenvalue weighted by Crippen LogP contribution is -2.48. The van der Waals surface area contributed by atoms with Gasteiger partial charge in [-0.2, -0.15) is 0 Å². The molecule has 186 valence electrons. The number of methoxy groups -OCH3 is 1. The van der Waals surface area contributed by atoms with Crippen LogP contribution in [0.3, 0.4) is 0 Å². The summed E-state index contributed by atoms with van der Waals surface area (Å²) in [6, 6.07) is 22.3. The maximum absolute atomic E-state index is 12.9. The molecule has 2 aromatic heterocycles. The molecule has 6 nitrogen and oxygen atoms in total. The lowest BCUT2D eigenvalue weighted by molar-refractivity contribution is 0.0996. The summed E-state index contributed by atoms with van der Waals surface area (Å²) in [5, 5.41) is 4.02. The molecule has 0 radical (unpaired) electrons. The maximum Gasteiger partial charge on any atom is 0.291 e. The van der Waals surface area contributed by atoms with Gasteiger partial charge < -0.3 is 19.4 Å². The van der Waals surface area contributed by atoms with Gasteiger partial charge in [-0.1, -0.05) is 30.3 Å². The minimum Gasteiger partial charge on any atom is -0.497 e. The predicted octanol–water partition coefficient (Wildman–Crippen LogP) is 6.13. The van der Waals surface area contributed by atoms with Gasteiger partial charge in [-0.15, -0.1) is 11.3 Å². The number of para-hydroxylation sites is 1. The average molecular weight is 502 g/mol. The Hall–Kier alpha value is -3.55. The van der Waals surface area contributed by atoms with E-state index in [2.05, 4.69) is 71.4 Å². The fourth-order valence-electron chi connectivity index (χ4n) is 4.86. The number of carbonyl (C=O) groups excluding carboxylic acids is 1. The van der Waals surface area contributed by atoms with Crippen molar-refractivity contribution in [3.05, 3.63) is 100 Å². The zero-order valence-electron chi connectivity index (χ0n) is 20.9. The second-order valence-corrected chi connectivity index (χ2v) is 10.2. The number of benzene rings is 2. The largest absolute Gasteiger partial charge is 0.497 e. The first-order valence-electron chi connectivity index (χ1n) is 12.2. The first kappa shape index (κ1) is 24.2. The van der Waals surface area contributed by atoms with Gasteiger partial charge in [-0.3, -0.25) is 9.69 Å². The summed E-state index contributed by atoms with van der Waals surface area (Å²) in [4.78, 5) is 19.1. The SMILES string of the molecule is COc1ccc([C@H](c2c(NC(=O)c3ccco3)sc(C)c2C)N2CCN(c3ccccc3)CC2)cc1. The highest BCUT2D eigenvalue weighted by atomic mass is 32.1. The van der Waals surface area contributed by atoms with Gasteiger partial charge in [0.1, 0.15) is 10.8 Å². The Morgan fingerprint density at radius 1 is 0.972 bits per heavy atom. The van der Waals surface area contributed by atoms with Crippen molar-refractivity contribution < 1.29 is 13.9 Å². The monoisotopic (exact) mass is 501 g/mol. The van der Waals surface area contributed by atoms with Gasteiger partial charge in [0.2, 0.25) is 0 Å². The van der Waals surface area contributed by atoms with Crippen LogP contribution in [0.25, 0.3) is 0 Å². The molecule has 4 aromatic rings. The van der Waals surface area contributed by atoms with Crippen LogP contribution in [0.1, 0.15) is 38.2 Å². The molecule has 0 spiro atoms. The van der Waals surface area contributed by atoms with Gasteiger partial charge >= 0.3 is 0 Å². The van der Waals surface area contributed by atoms with E-state index in [0.29, 0.717) is 5.76 Å². The van der Waals surface area contributed by atoms with Gasteiger partial charge in [-0.25, -0.2) is 0 Å². The highest BCUT2D eigenvalue weighted by Gasteiger charge is 2.32. The standard InChI is InChI=1S/C29H31N3O3S/c1-20-21(2)36-29(30-28(33)25-10-7-19-35-25)26(20)27(22-11-13-24(34-3)14-12-22)32-17-15-31(16-18-32)23-8-5-4-6-9-23/h4-14,19,27H,15-18H2,1-3H3,(H,30,33)/t27-/m1/s1. The summed E-state index contributed by atoms with van der Waals surface area (Å²) >= 11 is 1.62. The molecule has 2 aromatic carbocycles. The van der Waals surface area contributed by atoms with E-state index < -0.39 is 0 Å². The molecular formula is C29H31N3O3S. The Morgan fingerprint density at radius 3 is 2.33 bits per heavy atom. The van der Waals surface area contributed by atoms with E-state index in [0.717, 1.165) is 42.5 Å². The van der Waals surface area contributed by atoms with Gasteiger partial charge in [-0.05, 0) is 61.4 Å². The van der Waals surface area contributed by atoms with Crippen molar-refractivity contribution in [1.82, 2.24) is 4.90 Å². The maximum atomic E-state index is 12.9. The Balaban J connectivity index is 1.49. The van der Waals surface area contributed by atoms with E-state index in [1.165, 1.54) is 28.0 Å². The van der Waals surface area contributed by atoms with Crippen LogP contribution in [-0.2, 0) is 0 Å². The molecule has 1 atom stereocenters. The van der Waals surface area contributed by atoms with Crippen molar-refractivity contribution in [2.45, 2.75) is 19.9 Å². The third-order valence-corrected chi connectivity index (χ3v) is 8.05. The molecule has 7 heteroatoms. The van der Waals surface area contributed by atoms with Crippen molar-refractivity contribution in [2.24, 2.45) is 0 Å². The number of nitrogens with zero attached hydrogens (tertiary/aromatic N) is 2. The topological polar surface area (TPSA) is 58.0 Å². The molecule has 0 unspecified atom stereocenters. The second-order valence-electron chi connectivity index (χ2n) is 8.99. The van der Waals surface area contributed by atoms with E-state index in [4.69, 9.17) is 9.15 Å². The molecule has 1 saturated heterocycles. The van der Waals surface area contributed by atoms with Gasteiger partial charge in [0.15, 0.2) is 5.76 Å². The quantitative estimate of drug-likeness (QED) is 0.330. The van der Waals surface area contributed by atoms with Crippen LogP contribution in [-0.4, -0.2) is 44.1 Å². The molecule has 3 heterocycles. The van der Waals surface area contributed by atoms with Crippen LogP contribution in [0.4, 0.5) is 10.7 Å². The first-order valence-corrected chi connectivity index (χ1v) is 13.0. The fraction of sp³-hybridized carbons (Fsp3) is 0.276. The minimum absolute atomic E-state index is 0.00526. The third kappa shape index (κ3) is 4.90. The number of nitrogens with one attached hydrogen (secondary N) is 1. The van der Waals surface area contributed by atoms with Crippen molar-refractivity contribution in [3.63, 3.8) is 0 Å². The highest BCUT2D eigenvalue weighted by molar-refractivity contribution is 7.16. The summed E-state index contributed by atoms with van der Waals surface area (Å²) in [6.07, 6.45) is 1.52. The third-order valence-electron chi connectivity index (χ3n) is 6.91. The van der Waals surface area contributed by atoms with E-state index in [-0.39, 0.29) is 11.9 Å². The van der Waals surface area contributed by atoms with Gasteiger partial charge in [0.25, 0.3) is 5.91 Å². The van der Waals surface area contributed by atoms with E-state index in [1.54, 1.807) is 30.6 Å². The molecule has 1 aliphatic rings. The highest BCUT2D eigenvalue weighted by Crippen LogP contribution is 2.43. The van der Waals surface area contributed by atoms with E-state index in [1.807, 2.05) is 12.1 Å². The number of anilines is 2. The zero-order chi connectivity index (χ0) is 25.1. The van der Waals surface area contributed by atoms with E-state index >= 15 is 0 Å². The lowest BCUT2D eigenvalue weighted by Gasteiger charge is -2.41. The van der Waals surface area contributed by atoms with Crippen LogP contribution in [0.2, 0.25) is 0 Å². The van der Waals surface area contributed by atoms with Crippen LogP contribution in [0, 0.1) is 13.8 Å². The molecule has 1 fully saturated rings. The number of ether oxygens (including phenoxy) is 1. The normalized spacial score (nSPS) is 15.0. The summed E-state index contributed by atoms with van der Waals surface area (Å²) < 4.78 is 10.8. The summed E-state index contributed by atoms with van der Waals surface area (Å²) in [5.74, 6) is 0.906. The number of carbonyl (C=O) groups is 1. The molecule has 1 aliphatic heterocycles. The number of amides is 1. The van der Waals surface area contributed by atoms with Crippen molar-refractivity contribution in [2.75, 3.05) is 43.5 Å². The number of aryl methyl sites for hydroxylation is 1. The van der Waals surface area contributed by atoms with Crippen LogP contribution in [0.5, 0.6) is 5.75 Å². The lowest BCUT2D eigenvalue weighted by atomic mass is 9.94. The van der Waals surface area contributed by atoms with Crippen molar-refractivity contribution in [1.29, 1.82) is 0 Å². The number of hydrogen-bond donors (Lipinski definition) is 1. The molecule has 36 heavy (non-hydrogen) atoms. The van der Waals surface area contributed by atoms with Crippen molar-refractivity contribution in [3.8, 4) is 5.75 Å². The van der Waals surface area contributed by atoms with Crippen LogP contribution >= 0.6 is 11.3 Å². The molecule has 0 bridgehead atoms. The molecule has 0 saturated carbocycles. The molecule has 1 N–H and O–H groups in total. The number of hydrogen-bond acceptors (Lipinski definition) is 6. The van der Waals surface area contributed by atoms with Crippen LogP contribution < -0.4 is 15.0 Å². The second kappa shape index (κ2) is 10.6. The molecule has 5 rings (SSSR count). The smallest absolute Gasteiger partial charge is 0.291 e. The Kier molecular flexibility index (Phi) is 7.11. The van der Waals surface area contributed by atoms with Crippen LogP contribution in [0.15, 0.2) is 77.4 Å². The minimum atomic E-state index is -0.232.